The molecule has 0 spiro atoms. The maximum absolute atomic E-state index is 10.3. The smallest absolute Gasteiger partial charge is 0.200 e. The van der Waals surface area contributed by atoms with Crippen LogP contribution in [0.3, 0.4) is 0 Å². The van der Waals surface area contributed by atoms with Crippen molar-refractivity contribution in [1.29, 1.82) is 0 Å². The van der Waals surface area contributed by atoms with E-state index in [0.29, 0.717) is 16.2 Å². The number of aromatic hydroxyl groups is 2. The fourth-order valence-corrected chi connectivity index (χ4v) is 2.77. The van der Waals surface area contributed by atoms with Gasteiger partial charge in [-0.2, -0.15) is 5.10 Å². The molecule has 0 saturated carbocycles. The Bertz CT molecular complexity index is 898. The molecular weight excluding hydrogens is 310 g/mol. The summed E-state index contributed by atoms with van der Waals surface area (Å²) in [6.07, 6.45) is 0. The summed E-state index contributed by atoms with van der Waals surface area (Å²) in [7, 11) is 0. The van der Waals surface area contributed by atoms with E-state index in [1.807, 2.05) is 44.2 Å². The van der Waals surface area contributed by atoms with Crippen LogP contribution in [0.2, 0.25) is 0 Å². The van der Waals surface area contributed by atoms with E-state index in [-0.39, 0.29) is 17.4 Å². The molecule has 0 amide bonds. The molecule has 0 aliphatic rings. The van der Waals surface area contributed by atoms with Crippen molar-refractivity contribution in [2.24, 2.45) is 0 Å². The average molecular weight is 327 g/mol. The Labute approximate surface area is 138 Å². The van der Waals surface area contributed by atoms with Gasteiger partial charge >= 0.3 is 0 Å². The van der Waals surface area contributed by atoms with E-state index in [1.54, 1.807) is 10.6 Å². The fraction of sp³-hybridized carbons (Fsp3) is 0.176. The van der Waals surface area contributed by atoms with Crippen LogP contribution in [0.5, 0.6) is 11.5 Å². The van der Waals surface area contributed by atoms with Crippen LogP contribution >= 0.6 is 12.2 Å². The van der Waals surface area contributed by atoms with Gasteiger partial charge in [-0.15, -0.1) is 0 Å². The molecular formula is C17H17N3O2S. The zero-order valence-electron chi connectivity index (χ0n) is 12.8. The highest BCUT2D eigenvalue weighted by Gasteiger charge is 2.18. The third kappa shape index (κ3) is 2.73. The zero-order valence-corrected chi connectivity index (χ0v) is 13.6. The van der Waals surface area contributed by atoms with Gasteiger partial charge in [0.05, 0.1) is 5.56 Å². The lowest BCUT2D eigenvalue weighted by Gasteiger charge is -2.13. The molecule has 0 aliphatic heterocycles. The minimum atomic E-state index is -0.0434. The lowest BCUT2D eigenvalue weighted by Crippen LogP contribution is -1.99. The summed E-state index contributed by atoms with van der Waals surface area (Å²) in [4.78, 5) is 0. The van der Waals surface area contributed by atoms with Crippen molar-refractivity contribution in [3.05, 3.63) is 52.8 Å². The lowest BCUT2D eigenvalue weighted by atomic mass is 9.98. The summed E-state index contributed by atoms with van der Waals surface area (Å²) < 4.78 is 2.19. The van der Waals surface area contributed by atoms with E-state index < -0.39 is 0 Å². The summed E-state index contributed by atoms with van der Waals surface area (Å²) in [6, 6.07) is 12.7. The molecule has 3 aromatic rings. The van der Waals surface area contributed by atoms with Gasteiger partial charge in [0.1, 0.15) is 11.5 Å². The number of aromatic amines is 1. The number of hydrogen-bond donors (Lipinski definition) is 3. The summed E-state index contributed by atoms with van der Waals surface area (Å²) in [5.41, 5.74) is 2.11. The van der Waals surface area contributed by atoms with Gasteiger partial charge in [0, 0.05) is 11.8 Å². The fourth-order valence-electron chi connectivity index (χ4n) is 2.53. The molecule has 6 heteroatoms. The predicted molar refractivity (Wildman–Crippen MR) is 91.6 cm³/mol. The molecule has 0 bridgehead atoms. The first-order valence-corrected chi connectivity index (χ1v) is 7.69. The highest BCUT2D eigenvalue weighted by molar-refractivity contribution is 7.71. The molecule has 5 nitrogen and oxygen atoms in total. The van der Waals surface area contributed by atoms with E-state index in [4.69, 9.17) is 12.2 Å². The Morgan fingerprint density at radius 3 is 2.43 bits per heavy atom. The molecule has 0 saturated heterocycles. The number of para-hydroxylation sites is 1. The number of aromatic nitrogens is 3. The van der Waals surface area contributed by atoms with E-state index in [0.717, 1.165) is 11.3 Å². The number of nitrogens with zero attached hydrogens (tertiary/aromatic N) is 2. The van der Waals surface area contributed by atoms with Gasteiger partial charge in [-0.05, 0) is 41.9 Å². The summed E-state index contributed by atoms with van der Waals surface area (Å²) in [5, 5.41) is 27.3. The van der Waals surface area contributed by atoms with E-state index in [2.05, 4.69) is 10.2 Å². The molecule has 3 rings (SSSR count). The molecule has 0 radical (unpaired) electrons. The van der Waals surface area contributed by atoms with Crippen LogP contribution < -0.4 is 0 Å². The van der Waals surface area contributed by atoms with Crippen molar-refractivity contribution in [2.75, 3.05) is 0 Å². The normalized spacial score (nSPS) is 11.1. The molecule has 0 fully saturated rings. The van der Waals surface area contributed by atoms with Crippen molar-refractivity contribution < 1.29 is 10.2 Å². The van der Waals surface area contributed by atoms with Crippen molar-refractivity contribution >= 4 is 12.2 Å². The Morgan fingerprint density at radius 2 is 1.78 bits per heavy atom. The Balaban J connectivity index is 2.25. The molecule has 1 aromatic heterocycles. The number of phenols is 2. The first kappa shape index (κ1) is 15.3. The minimum Gasteiger partial charge on any atom is -0.508 e. The second-order valence-electron chi connectivity index (χ2n) is 5.61. The molecule has 0 aliphatic carbocycles. The van der Waals surface area contributed by atoms with Gasteiger partial charge in [-0.25, -0.2) is 0 Å². The van der Waals surface area contributed by atoms with Gasteiger partial charge in [0.2, 0.25) is 0 Å². The number of nitrogens with one attached hydrogen (secondary N) is 1. The largest absolute Gasteiger partial charge is 0.508 e. The lowest BCUT2D eigenvalue weighted by molar-refractivity contribution is 0.444. The molecule has 3 N–H and O–H groups in total. The highest BCUT2D eigenvalue weighted by Crippen LogP contribution is 2.37. The van der Waals surface area contributed by atoms with Crippen LogP contribution in [-0.2, 0) is 0 Å². The van der Waals surface area contributed by atoms with E-state index >= 15 is 0 Å². The highest BCUT2D eigenvalue weighted by atomic mass is 32.1. The van der Waals surface area contributed by atoms with Crippen molar-refractivity contribution in [3.63, 3.8) is 0 Å². The monoisotopic (exact) mass is 327 g/mol. The Morgan fingerprint density at radius 1 is 1.09 bits per heavy atom. The molecule has 23 heavy (non-hydrogen) atoms. The van der Waals surface area contributed by atoms with Gasteiger partial charge in [0.25, 0.3) is 0 Å². The van der Waals surface area contributed by atoms with Gasteiger partial charge in [0.15, 0.2) is 10.6 Å². The number of hydrogen-bond acceptors (Lipinski definition) is 4. The molecule has 118 valence electrons. The van der Waals surface area contributed by atoms with E-state index in [1.165, 1.54) is 6.07 Å². The second-order valence-corrected chi connectivity index (χ2v) is 5.99. The zero-order chi connectivity index (χ0) is 16.6. The summed E-state index contributed by atoms with van der Waals surface area (Å²) >= 11 is 5.32. The van der Waals surface area contributed by atoms with Crippen LogP contribution in [0.25, 0.3) is 17.1 Å². The SMILES string of the molecule is CC(C)c1cc(-c2n[nH]c(=S)n2-c2ccccc2)c(O)cc1O. The average Bonchev–Trinajstić information content (AvgIpc) is 2.89. The van der Waals surface area contributed by atoms with E-state index in [9.17, 15) is 10.2 Å². The van der Waals surface area contributed by atoms with Crippen LogP contribution in [0.15, 0.2) is 42.5 Å². The predicted octanol–water partition coefficient (Wildman–Crippen LogP) is 4.13. The van der Waals surface area contributed by atoms with Crippen LogP contribution in [0, 0.1) is 4.77 Å². The molecule has 1 heterocycles. The number of benzene rings is 2. The minimum absolute atomic E-state index is 0.0434. The quantitative estimate of drug-likeness (QED) is 0.632. The molecule has 0 atom stereocenters. The maximum Gasteiger partial charge on any atom is 0.200 e. The van der Waals surface area contributed by atoms with Gasteiger partial charge in [-0.1, -0.05) is 32.0 Å². The van der Waals surface area contributed by atoms with Gasteiger partial charge in [-0.3, -0.25) is 9.67 Å². The van der Waals surface area contributed by atoms with Crippen molar-refractivity contribution in [3.8, 4) is 28.6 Å². The summed E-state index contributed by atoms with van der Waals surface area (Å²) in [6.45, 7) is 3.95. The van der Waals surface area contributed by atoms with Gasteiger partial charge < -0.3 is 10.2 Å². The van der Waals surface area contributed by atoms with Crippen LogP contribution in [0.4, 0.5) is 0 Å². The third-order valence-corrected chi connectivity index (χ3v) is 3.97. The van der Waals surface area contributed by atoms with Crippen molar-refractivity contribution in [1.82, 2.24) is 14.8 Å². The topological polar surface area (TPSA) is 74.1 Å². The number of rotatable bonds is 3. The second kappa shape index (κ2) is 5.89. The third-order valence-electron chi connectivity index (χ3n) is 3.69. The first-order valence-electron chi connectivity index (χ1n) is 7.28. The Hall–Kier alpha value is -2.60. The molecule has 2 aromatic carbocycles. The maximum atomic E-state index is 10.3. The number of H-pyrrole nitrogens is 1. The van der Waals surface area contributed by atoms with Crippen LogP contribution in [-0.4, -0.2) is 25.0 Å². The number of phenolic OH excluding ortho intramolecular Hbond substituents is 2. The van der Waals surface area contributed by atoms with Crippen molar-refractivity contribution in [2.45, 2.75) is 19.8 Å². The molecule has 0 unspecified atom stereocenters. The van der Waals surface area contributed by atoms with Crippen LogP contribution in [0.1, 0.15) is 25.3 Å². The summed E-state index contributed by atoms with van der Waals surface area (Å²) in [5.74, 6) is 0.641. The Kier molecular flexibility index (Phi) is 3.92. The first-order chi connectivity index (χ1) is 11.0. The standard InChI is InChI=1S/C17H17N3O2S/c1-10(2)12-8-13(15(22)9-14(12)21)16-18-19-17(23)20(16)11-6-4-3-5-7-11/h3-10,21-22H,1-2H3,(H,19,23).